The topological polar surface area (TPSA) is 102 Å². The minimum Gasteiger partial charge on any atom is -0.457 e. The summed E-state index contributed by atoms with van der Waals surface area (Å²) in [5, 5.41) is 21.8. The van der Waals surface area contributed by atoms with E-state index >= 15 is 0 Å². The van der Waals surface area contributed by atoms with Crippen LogP contribution in [0.5, 0.6) is 11.5 Å². The second-order valence-corrected chi connectivity index (χ2v) is 7.95. The standard InChI is InChI=1S/C27H25N5O2/c1-2-25(33)32-14-6-7-21(32)17-31-27-20(15-28)16-30-18-24(27)26(29)19-10-12-23(13-11-19)34-22-8-4-3-5-9-22/h2-5,8-13,16,18,21,29H,1,6-7,14,17H2,(H,30,31)/t21-/m1/s1. The molecule has 0 aliphatic carbocycles. The fourth-order valence-electron chi connectivity index (χ4n) is 4.07. The van der Waals surface area contributed by atoms with Gasteiger partial charge in [0.25, 0.3) is 0 Å². The van der Waals surface area contributed by atoms with Gasteiger partial charge in [0.1, 0.15) is 17.6 Å². The monoisotopic (exact) mass is 451 g/mol. The van der Waals surface area contributed by atoms with Gasteiger partial charge in [0.05, 0.1) is 17.0 Å². The Kier molecular flexibility index (Phi) is 6.99. The number of pyridine rings is 1. The number of benzene rings is 2. The average molecular weight is 452 g/mol. The molecule has 1 atom stereocenters. The lowest BCUT2D eigenvalue weighted by Crippen LogP contribution is -2.38. The van der Waals surface area contributed by atoms with Gasteiger partial charge < -0.3 is 15.0 Å². The van der Waals surface area contributed by atoms with Crippen molar-refractivity contribution < 1.29 is 9.53 Å². The molecule has 0 bridgehead atoms. The molecule has 7 nitrogen and oxygen atoms in total. The summed E-state index contributed by atoms with van der Waals surface area (Å²) < 4.78 is 5.84. The van der Waals surface area contributed by atoms with Crippen LogP contribution in [0, 0.1) is 16.7 Å². The molecule has 1 amide bonds. The number of rotatable bonds is 8. The minimum atomic E-state index is -0.0923. The number of likely N-dealkylation sites (tertiary alicyclic amines) is 1. The molecule has 3 aromatic rings. The number of nitriles is 1. The van der Waals surface area contributed by atoms with E-state index in [1.165, 1.54) is 12.3 Å². The molecule has 0 saturated carbocycles. The SMILES string of the molecule is C=CC(=O)N1CCC[C@@H]1CNc1c(C#N)cncc1C(=N)c1ccc(Oc2ccccc2)cc1. The molecule has 4 rings (SSSR count). The van der Waals surface area contributed by atoms with E-state index in [4.69, 9.17) is 10.1 Å². The number of anilines is 1. The number of nitrogens with zero attached hydrogens (tertiary/aromatic N) is 3. The molecule has 1 saturated heterocycles. The van der Waals surface area contributed by atoms with Crippen molar-refractivity contribution in [1.82, 2.24) is 9.88 Å². The van der Waals surface area contributed by atoms with Crippen molar-refractivity contribution in [2.45, 2.75) is 18.9 Å². The summed E-state index contributed by atoms with van der Waals surface area (Å²) in [5.74, 6) is 1.31. The predicted octanol–water partition coefficient (Wildman–Crippen LogP) is 4.75. The van der Waals surface area contributed by atoms with E-state index in [9.17, 15) is 10.1 Å². The summed E-state index contributed by atoms with van der Waals surface area (Å²) in [6.07, 6.45) is 6.19. The molecule has 2 aromatic carbocycles. The summed E-state index contributed by atoms with van der Waals surface area (Å²) in [6, 6.07) is 18.9. The normalized spacial score (nSPS) is 14.8. The highest BCUT2D eigenvalue weighted by Gasteiger charge is 2.27. The van der Waals surface area contributed by atoms with Crippen LogP contribution in [0.4, 0.5) is 5.69 Å². The third-order valence-corrected chi connectivity index (χ3v) is 5.81. The number of nitrogens with one attached hydrogen (secondary N) is 2. The van der Waals surface area contributed by atoms with Crippen LogP contribution in [0.1, 0.15) is 29.5 Å². The fourth-order valence-corrected chi connectivity index (χ4v) is 4.07. The molecule has 34 heavy (non-hydrogen) atoms. The molecule has 1 aliphatic rings. The van der Waals surface area contributed by atoms with Crippen LogP contribution in [0.25, 0.3) is 0 Å². The molecule has 1 aliphatic heterocycles. The Bertz CT molecular complexity index is 1230. The van der Waals surface area contributed by atoms with E-state index in [1.807, 2.05) is 54.6 Å². The maximum Gasteiger partial charge on any atom is 0.246 e. The van der Waals surface area contributed by atoms with Crippen LogP contribution in [0.3, 0.4) is 0 Å². The van der Waals surface area contributed by atoms with Gasteiger partial charge in [0.15, 0.2) is 0 Å². The highest BCUT2D eigenvalue weighted by atomic mass is 16.5. The van der Waals surface area contributed by atoms with Gasteiger partial charge in [-0.2, -0.15) is 5.26 Å². The van der Waals surface area contributed by atoms with E-state index < -0.39 is 0 Å². The lowest BCUT2D eigenvalue weighted by molar-refractivity contribution is -0.126. The van der Waals surface area contributed by atoms with E-state index in [-0.39, 0.29) is 17.7 Å². The molecular weight excluding hydrogens is 426 g/mol. The van der Waals surface area contributed by atoms with E-state index in [1.54, 1.807) is 11.1 Å². The van der Waals surface area contributed by atoms with Gasteiger partial charge in [0.2, 0.25) is 5.91 Å². The van der Waals surface area contributed by atoms with Crippen LogP contribution in [-0.4, -0.2) is 40.6 Å². The van der Waals surface area contributed by atoms with Crippen molar-refractivity contribution in [3.8, 4) is 17.6 Å². The maximum absolute atomic E-state index is 12.1. The molecule has 2 heterocycles. The second kappa shape index (κ2) is 10.5. The van der Waals surface area contributed by atoms with Crippen LogP contribution >= 0.6 is 0 Å². The molecule has 1 aromatic heterocycles. The van der Waals surface area contributed by atoms with Crippen LogP contribution < -0.4 is 10.1 Å². The Labute approximate surface area is 198 Å². The molecule has 1 fully saturated rings. The van der Waals surface area contributed by atoms with Crippen molar-refractivity contribution >= 4 is 17.3 Å². The Morgan fingerprint density at radius 1 is 1.21 bits per heavy atom. The first kappa shape index (κ1) is 22.7. The third kappa shape index (κ3) is 4.97. The molecule has 170 valence electrons. The number of ether oxygens (including phenoxy) is 1. The quantitative estimate of drug-likeness (QED) is 0.380. The first-order valence-corrected chi connectivity index (χ1v) is 11.1. The average Bonchev–Trinajstić information content (AvgIpc) is 3.36. The van der Waals surface area contributed by atoms with Crippen molar-refractivity contribution in [3.05, 3.63) is 96.3 Å². The maximum atomic E-state index is 12.1. The Balaban J connectivity index is 1.53. The predicted molar refractivity (Wildman–Crippen MR) is 131 cm³/mol. The summed E-state index contributed by atoms with van der Waals surface area (Å²) >= 11 is 0. The first-order chi connectivity index (χ1) is 16.6. The zero-order chi connectivity index (χ0) is 23.9. The molecule has 7 heteroatoms. The van der Waals surface area contributed by atoms with Gasteiger partial charge in [-0.15, -0.1) is 0 Å². The van der Waals surface area contributed by atoms with E-state index in [0.29, 0.717) is 41.2 Å². The fraction of sp³-hybridized carbons (Fsp3) is 0.185. The molecule has 2 N–H and O–H groups in total. The van der Waals surface area contributed by atoms with Crippen LogP contribution in [0.15, 0.2) is 79.6 Å². The minimum absolute atomic E-state index is 0.00154. The highest BCUT2D eigenvalue weighted by Crippen LogP contribution is 2.26. The Morgan fingerprint density at radius 3 is 2.65 bits per heavy atom. The number of carbonyl (C=O) groups excluding carboxylic acids is 1. The van der Waals surface area contributed by atoms with Crippen molar-refractivity contribution in [1.29, 1.82) is 10.7 Å². The Hall–Kier alpha value is -4.44. The van der Waals surface area contributed by atoms with Crippen molar-refractivity contribution in [2.75, 3.05) is 18.4 Å². The van der Waals surface area contributed by atoms with E-state index in [2.05, 4.69) is 22.9 Å². The number of para-hydroxylation sites is 1. The third-order valence-electron chi connectivity index (χ3n) is 5.81. The second-order valence-electron chi connectivity index (χ2n) is 7.95. The zero-order valence-corrected chi connectivity index (χ0v) is 18.7. The molecule has 0 unspecified atom stereocenters. The number of aromatic nitrogens is 1. The smallest absolute Gasteiger partial charge is 0.246 e. The van der Waals surface area contributed by atoms with Crippen molar-refractivity contribution in [3.63, 3.8) is 0 Å². The van der Waals surface area contributed by atoms with Gasteiger partial charge in [-0.3, -0.25) is 15.2 Å². The number of carbonyl (C=O) groups is 1. The summed E-state index contributed by atoms with van der Waals surface area (Å²) in [7, 11) is 0. The molecular formula is C27H25N5O2. The van der Waals surface area contributed by atoms with Gasteiger partial charge in [-0.05, 0) is 55.3 Å². The van der Waals surface area contributed by atoms with Gasteiger partial charge in [0, 0.05) is 42.7 Å². The zero-order valence-electron chi connectivity index (χ0n) is 18.7. The highest BCUT2D eigenvalue weighted by molar-refractivity contribution is 6.14. The van der Waals surface area contributed by atoms with Gasteiger partial charge in [-0.1, -0.05) is 24.8 Å². The van der Waals surface area contributed by atoms with Crippen LogP contribution in [-0.2, 0) is 4.79 Å². The van der Waals surface area contributed by atoms with Gasteiger partial charge in [-0.25, -0.2) is 0 Å². The first-order valence-electron chi connectivity index (χ1n) is 11.1. The van der Waals surface area contributed by atoms with E-state index in [0.717, 1.165) is 18.6 Å². The summed E-state index contributed by atoms with van der Waals surface area (Å²) in [5.41, 5.74) is 2.33. The summed E-state index contributed by atoms with van der Waals surface area (Å²) in [4.78, 5) is 18.1. The largest absolute Gasteiger partial charge is 0.457 e. The van der Waals surface area contributed by atoms with Gasteiger partial charge >= 0.3 is 0 Å². The number of amides is 1. The molecule has 0 spiro atoms. The lowest BCUT2D eigenvalue weighted by Gasteiger charge is -2.25. The molecule has 0 radical (unpaired) electrons. The Morgan fingerprint density at radius 2 is 1.94 bits per heavy atom. The lowest BCUT2D eigenvalue weighted by atomic mass is 10.00. The number of hydrogen-bond acceptors (Lipinski definition) is 6. The van der Waals surface area contributed by atoms with Crippen molar-refractivity contribution in [2.24, 2.45) is 0 Å². The van der Waals surface area contributed by atoms with Crippen LogP contribution in [0.2, 0.25) is 0 Å². The summed E-state index contributed by atoms with van der Waals surface area (Å²) in [6.45, 7) is 4.75. The number of hydrogen-bond donors (Lipinski definition) is 2.